The van der Waals surface area contributed by atoms with Crippen LogP contribution in [-0.2, 0) is 11.0 Å². The van der Waals surface area contributed by atoms with E-state index in [9.17, 15) is 22.8 Å². The van der Waals surface area contributed by atoms with Gasteiger partial charge in [0.15, 0.2) is 0 Å². The van der Waals surface area contributed by atoms with Crippen molar-refractivity contribution >= 4 is 29.2 Å². The number of aromatic nitrogens is 2. The van der Waals surface area contributed by atoms with Gasteiger partial charge in [0.1, 0.15) is 17.4 Å². The predicted molar refractivity (Wildman–Crippen MR) is 97.7 cm³/mol. The van der Waals surface area contributed by atoms with Gasteiger partial charge >= 0.3 is 6.18 Å². The largest absolute Gasteiger partial charge is 0.475 e. The fraction of sp³-hybridized carbons (Fsp3) is 0.333. The van der Waals surface area contributed by atoms with Crippen LogP contribution in [0.15, 0.2) is 30.6 Å². The van der Waals surface area contributed by atoms with E-state index in [1.807, 2.05) is 0 Å². The highest BCUT2D eigenvalue weighted by Crippen LogP contribution is 2.33. The van der Waals surface area contributed by atoms with Gasteiger partial charge in [-0.2, -0.15) is 13.2 Å². The average Bonchev–Trinajstić information content (AvgIpc) is 3.51. The van der Waals surface area contributed by atoms with E-state index in [4.69, 9.17) is 16.3 Å². The summed E-state index contributed by atoms with van der Waals surface area (Å²) in [5.41, 5.74) is -0.692. The molecule has 0 atom stereocenters. The number of nitrogens with zero attached hydrogens (tertiary/aromatic N) is 2. The standard InChI is InChI=1S/C18H16ClF3N4O3/c19-13-8-12(18(20,21)22)9-25-17(13)29-6-5-24-15(27)11-3-4-23-14(7-11)26-16(28)10-1-2-10/h3-4,7-10H,1-2,5-6H2,(H,24,27)(H,23,26,28). The van der Waals surface area contributed by atoms with Crippen molar-refractivity contribution in [2.24, 2.45) is 5.92 Å². The highest BCUT2D eigenvalue weighted by atomic mass is 35.5. The number of ether oxygens (including phenoxy) is 1. The van der Waals surface area contributed by atoms with E-state index >= 15 is 0 Å². The number of pyridine rings is 2. The fourth-order valence-corrected chi connectivity index (χ4v) is 2.54. The molecule has 0 radical (unpaired) electrons. The van der Waals surface area contributed by atoms with Gasteiger partial charge in [0.05, 0.1) is 12.1 Å². The zero-order chi connectivity index (χ0) is 21.0. The van der Waals surface area contributed by atoms with Crippen molar-refractivity contribution in [2.75, 3.05) is 18.5 Å². The minimum Gasteiger partial charge on any atom is -0.475 e. The maximum atomic E-state index is 12.6. The van der Waals surface area contributed by atoms with Crippen LogP contribution >= 0.6 is 11.6 Å². The SMILES string of the molecule is O=C(NCCOc1ncc(C(F)(F)F)cc1Cl)c1ccnc(NC(=O)C2CC2)c1. The lowest BCUT2D eigenvalue weighted by atomic mass is 10.2. The quantitative estimate of drug-likeness (QED) is 0.660. The van der Waals surface area contributed by atoms with Crippen LogP contribution in [0.5, 0.6) is 5.88 Å². The molecular formula is C18H16ClF3N4O3. The summed E-state index contributed by atoms with van der Waals surface area (Å²) in [5.74, 6) is -0.416. The number of halogens is 4. The third kappa shape index (κ3) is 5.80. The van der Waals surface area contributed by atoms with Gasteiger partial charge in [0.2, 0.25) is 11.8 Å². The minimum atomic E-state index is -4.55. The van der Waals surface area contributed by atoms with Crippen molar-refractivity contribution in [1.82, 2.24) is 15.3 Å². The molecular weight excluding hydrogens is 413 g/mol. The van der Waals surface area contributed by atoms with Gasteiger partial charge in [0.25, 0.3) is 5.91 Å². The second-order valence-electron chi connectivity index (χ2n) is 6.31. The smallest absolute Gasteiger partial charge is 0.417 e. The summed E-state index contributed by atoms with van der Waals surface area (Å²) in [4.78, 5) is 31.5. The molecule has 1 aliphatic carbocycles. The van der Waals surface area contributed by atoms with E-state index < -0.39 is 17.6 Å². The molecule has 1 aliphatic rings. The Morgan fingerprint density at radius 1 is 1.24 bits per heavy atom. The Morgan fingerprint density at radius 3 is 2.66 bits per heavy atom. The summed E-state index contributed by atoms with van der Waals surface area (Å²) in [6.45, 7) is 0.00410. The molecule has 0 aliphatic heterocycles. The molecule has 1 fully saturated rings. The zero-order valence-electron chi connectivity index (χ0n) is 14.9. The molecule has 1 saturated carbocycles. The number of alkyl halides is 3. The molecule has 2 heterocycles. The predicted octanol–water partition coefficient (Wildman–Crippen LogP) is 3.31. The number of carbonyl (C=O) groups excluding carboxylic acids is 2. The van der Waals surface area contributed by atoms with Crippen LogP contribution in [0, 0.1) is 5.92 Å². The number of rotatable bonds is 7. The first kappa shape index (κ1) is 20.8. The third-order valence-corrected chi connectivity index (χ3v) is 4.25. The second kappa shape index (κ2) is 8.64. The Labute approximate surface area is 168 Å². The third-order valence-electron chi connectivity index (χ3n) is 3.98. The molecule has 11 heteroatoms. The number of hydrogen-bond acceptors (Lipinski definition) is 5. The lowest BCUT2D eigenvalue weighted by molar-refractivity contribution is -0.137. The Hall–Kier alpha value is -2.88. The van der Waals surface area contributed by atoms with Crippen LogP contribution < -0.4 is 15.4 Å². The number of anilines is 1. The van der Waals surface area contributed by atoms with Gasteiger partial charge in [-0.15, -0.1) is 0 Å². The van der Waals surface area contributed by atoms with Crippen LogP contribution in [0.1, 0.15) is 28.8 Å². The van der Waals surface area contributed by atoms with Crippen LogP contribution in [-0.4, -0.2) is 34.9 Å². The summed E-state index contributed by atoms with van der Waals surface area (Å²) in [6.07, 6.45) is -0.827. The maximum absolute atomic E-state index is 12.6. The van der Waals surface area contributed by atoms with Crippen LogP contribution in [0.3, 0.4) is 0 Å². The number of carbonyl (C=O) groups is 2. The van der Waals surface area contributed by atoms with Crippen molar-refractivity contribution in [3.8, 4) is 5.88 Å². The normalized spacial score (nSPS) is 13.7. The van der Waals surface area contributed by atoms with Gasteiger partial charge in [-0.3, -0.25) is 9.59 Å². The molecule has 29 heavy (non-hydrogen) atoms. The average molecular weight is 429 g/mol. The van der Waals surface area contributed by atoms with Crippen molar-refractivity contribution in [1.29, 1.82) is 0 Å². The summed E-state index contributed by atoms with van der Waals surface area (Å²) in [6, 6.07) is 3.65. The maximum Gasteiger partial charge on any atom is 0.417 e. The molecule has 0 saturated heterocycles. The topological polar surface area (TPSA) is 93.2 Å². The summed E-state index contributed by atoms with van der Waals surface area (Å²) in [5, 5.41) is 4.95. The van der Waals surface area contributed by atoms with Gasteiger partial charge in [-0.1, -0.05) is 11.6 Å². The lowest BCUT2D eigenvalue weighted by Crippen LogP contribution is -2.28. The molecule has 0 aromatic carbocycles. The van der Waals surface area contributed by atoms with Gasteiger partial charge in [-0.25, -0.2) is 9.97 Å². The minimum absolute atomic E-state index is 0.0112. The first-order valence-corrected chi connectivity index (χ1v) is 9.02. The molecule has 2 aromatic heterocycles. The van der Waals surface area contributed by atoms with Crippen molar-refractivity contribution in [3.05, 3.63) is 46.7 Å². The molecule has 7 nitrogen and oxygen atoms in total. The lowest BCUT2D eigenvalue weighted by Gasteiger charge is -2.11. The molecule has 2 N–H and O–H groups in total. The van der Waals surface area contributed by atoms with E-state index in [0.717, 1.165) is 18.9 Å². The second-order valence-corrected chi connectivity index (χ2v) is 6.71. The van der Waals surface area contributed by atoms with E-state index in [2.05, 4.69) is 20.6 Å². The fourth-order valence-electron chi connectivity index (χ4n) is 2.31. The van der Waals surface area contributed by atoms with Crippen molar-refractivity contribution < 1.29 is 27.5 Å². The molecule has 2 amide bonds. The van der Waals surface area contributed by atoms with Gasteiger partial charge < -0.3 is 15.4 Å². The Morgan fingerprint density at radius 2 is 2.00 bits per heavy atom. The molecule has 154 valence electrons. The summed E-state index contributed by atoms with van der Waals surface area (Å²) >= 11 is 5.74. The van der Waals surface area contributed by atoms with Crippen LogP contribution in [0.4, 0.5) is 19.0 Å². The first-order chi connectivity index (χ1) is 13.7. The Balaban J connectivity index is 1.48. The number of nitrogens with one attached hydrogen (secondary N) is 2. The zero-order valence-corrected chi connectivity index (χ0v) is 15.7. The van der Waals surface area contributed by atoms with Crippen LogP contribution in [0.25, 0.3) is 0 Å². The van der Waals surface area contributed by atoms with Crippen LogP contribution in [0.2, 0.25) is 5.02 Å². The Kier molecular flexibility index (Phi) is 6.21. The van der Waals surface area contributed by atoms with E-state index in [1.54, 1.807) is 0 Å². The van der Waals surface area contributed by atoms with E-state index in [-0.39, 0.29) is 47.3 Å². The molecule has 0 unspecified atom stereocenters. The monoisotopic (exact) mass is 428 g/mol. The number of amides is 2. The van der Waals surface area contributed by atoms with Gasteiger partial charge in [0, 0.05) is 23.9 Å². The summed E-state index contributed by atoms with van der Waals surface area (Å²) < 4.78 is 43.0. The highest BCUT2D eigenvalue weighted by Gasteiger charge is 2.32. The summed E-state index contributed by atoms with van der Waals surface area (Å²) in [7, 11) is 0. The van der Waals surface area contributed by atoms with E-state index in [1.165, 1.54) is 18.3 Å². The molecule has 3 rings (SSSR count). The van der Waals surface area contributed by atoms with Crippen molar-refractivity contribution in [3.63, 3.8) is 0 Å². The van der Waals surface area contributed by atoms with Crippen molar-refractivity contribution in [2.45, 2.75) is 19.0 Å². The Bertz CT molecular complexity index is 919. The van der Waals surface area contributed by atoms with Gasteiger partial charge in [-0.05, 0) is 31.0 Å². The molecule has 2 aromatic rings. The first-order valence-electron chi connectivity index (χ1n) is 8.64. The molecule has 0 spiro atoms. The molecule has 0 bridgehead atoms. The highest BCUT2D eigenvalue weighted by molar-refractivity contribution is 6.31. The number of hydrogen-bond donors (Lipinski definition) is 2. The van der Waals surface area contributed by atoms with E-state index in [0.29, 0.717) is 6.20 Å².